The van der Waals surface area contributed by atoms with E-state index < -0.39 is 16.0 Å². The molecule has 1 aromatic heterocycles. The summed E-state index contributed by atoms with van der Waals surface area (Å²) in [5.74, 6) is -0.586. The molecule has 3 rings (SSSR count). The van der Waals surface area contributed by atoms with Crippen molar-refractivity contribution >= 4 is 27.6 Å². The van der Waals surface area contributed by atoms with Crippen LogP contribution >= 0.6 is 11.6 Å². The molecule has 0 saturated heterocycles. The number of rotatable bonds is 7. The highest BCUT2D eigenvalue weighted by atomic mass is 35.5. The molecule has 0 aliphatic carbocycles. The number of benzene rings is 2. The molecule has 0 fully saturated rings. The average Bonchev–Trinajstić information content (AvgIpc) is 3.22. The first kappa shape index (κ1) is 20.1. The molecule has 0 bridgehead atoms. The van der Waals surface area contributed by atoms with Gasteiger partial charge in [0.05, 0.1) is 23.4 Å². The maximum Gasteiger partial charge on any atom is 0.337 e. The van der Waals surface area contributed by atoms with E-state index in [-0.39, 0.29) is 22.0 Å². The minimum Gasteiger partial charge on any atom is -0.465 e. The van der Waals surface area contributed by atoms with Gasteiger partial charge < -0.3 is 4.74 Å². The van der Waals surface area contributed by atoms with E-state index in [9.17, 15) is 13.2 Å². The van der Waals surface area contributed by atoms with Crippen molar-refractivity contribution in [3.63, 3.8) is 0 Å². The van der Waals surface area contributed by atoms with Gasteiger partial charge in [0.2, 0.25) is 10.0 Å². The Hall–Kier alpha value is -2.68. The van der Waals surface area contributed by atoms with Gasteiger partial charge in [-0.1, -0.05) is 23.7 Å². The van der Waals surface area contributed by atoms with Crippen molar-refractivity contribution in [1.29, 1.82) is 0 Å². The molecule has 0 saturated carbocycles. The SMILES string of the molecule is COC(=O)c1ccc(S(=O)(=O)NCCc2ccc(-n3cccn3)cc2)c(Cl)c1. The fourth-order valence-corrected chi connectivity index (χ4v) is 4.18. The molecule has 0 atom stereocenters. The average molecular weight is 420 g/mol. The van der Waals surface area contributed by atoms with Gasteiger partial charge in [-0.2, -0.15) is 5.10 Å². The molecule has 0 amide bonds. The molecule has 9 heteroatoms. The molecular weight excluding hydrogens is 402 g/mol. The second kappa shape index (κ2) is 8.55. The summed E-state index contributed by atoms with van der Waals surface area (Å²) in [6.45, 7) is 0.207. The van der Waals surface area contributed by atoms with Gasteiger partial charge in [0, 0.05) is 18.9 Å². The molecule has 0 aliphatic rings. The van der Waals surface area contributed by atoms with Crippen LogP contribution in [0.1, 0.15) is 15.9 Å². The molecule has 7 nitrogen and oxygen atoms in total. The minimum atomic E-state index is -3.80. The molecule has 1 heterocycles. The lowest BCUT2D eigenvalue weighted by molar-refractivity contribution is 0.0600. The minimum absolute atomic E-state index is 0.0426. The van der Waals surface area contributed by atoms with Gasteiger partial charge in [0.1, 0.15) is 4.90 Å². The van der Waals surface area contributed by atoms with E-state index in [1.807, 2.05) is 36.5 Å². The first-order valence-corrected chi connectivity index (χ1v) is 10.2. The standard InChI is InChI=1S/C19H18ClN3O4S/c1-27-19(24)15-5-8-18(17(20)13-15)28(25,26)22-11-9-14-3-6-16(7-4-14)23-12-2-10-21-23/h2-8,10,12-13,22H,9,11H2,1H3. The zero-order chi connectivity index (χ0) is 20.1. The van der Waals surface area contributed by atoms with E-state index in [2.05, 4.69) is 14.6 Å². The maximum atomic E-state index is 12.5. The lowest BCUT2D eigenvalue weighted by Crippen LogP contribution is -2.26. The number of methoxy groups -OCH3 is 1. The number of nitrogens with one attached hydrogen (secondary N) is 1. The Labute approximate surface area is 168 Å². The van der Waals surface area contributed by atoms with Gasteiger partial charge in [-0.25, -0.2) is 22.6 Å². The van der Waals surface area contributed by atoms with E-state index in [1.165, 1.54) is 25.3 Å². The topological polar surface area (TPSA) is 90.3 Å². The predicted octanol–water partition coefficient (Wildman–Crippen LogP) is 2.83. The Kier molecular flexibility index (Phi) is 6.13. The van der Waals surface area contributed by atoms with Gasteiger partial charge in [-0.3, -0.25) is 0 Å². The number of ether oxygens (including phenoxy) is 1. The Morgan fingerprint density at radius 3 is 2.57 bits per heavy atom. The van der Waals surface area contributed by atoms with Crippen molar-refractivity contribution in [2.75, 3.05) is 13.7 Å². The number of hydrogen-bond acceptors (Lipinski definition) is 5. The second-order valence-corrected chi connectivity index (χ2v) is 8.04. The number of carbonyl (C=O) groups is 1. The normalized spacial score (nSPS) is 11.4. The highest BCUT2D eigenvalue weighted by Crippen LogP contribution is 2.23. The van der Waals surface area contributed by atoms with E-state index >= 15 is 0 Å². The monoisotopic (exact) mass is 419 g/mol. The van der Waals surface area contributed by atoms with Crippen LogP contribution in [-0.4, -0.2) is 37.8 Å². The third kappa shape index (κ3) is 4.59. The van der Waals surface area contributed by atoms with Gasteiger partial charge in [0.25, 0.3) is 0 Å². The first-order valence-electron chi connectivity index (χ1n) is 8.37. The Balaban J connectivity index is 1.63. The number of nitrogens with zero attached hydrogens (tertiary/aromatic N) is 2. The number of sulfonamides is 1. The number of halogens is 1. The molecule has 3 aromatic rings. The zero-order valence-corrected chi connectivity index (χ0v) is 16.6. The van der Waals surface area contributed by atoms with E-state index in [1.54, 1.807) is 10.9 Å². The molecule has 1 N–H and O–H groups in total. The molecule has 2 aromatic carbocycles. The fourth-order valence-electron chi connectivity index (χ4n) is 2.61. The number of carbonyl (C=O) groups excluding carboxylic acids is 1. The molecular formula is C19H18ClN3O4S. The van der Waals surface area contributed by atoms with Gasteiger partial charge in [0.15, 0.2) is 0 Å². The Morgan fingerprint density at radius 2 is 1.96 bits per heavy atom. The molecule has 0 spiro atoms. The van der Waals surface area contributed by atoms with Gasteiger partial charge in [-0.05, 0) is 48.4 Å². The first-order chi connectivity index (χ1) is 13.4. The van der Waals surface area contributed by atoms with Gasteiger partial charge >= 0.3 is 5.97 Å². The van der Waals surface area contributed by atoms with Gasteiger partial charge in [-0.15, -0.1) is 0 Å². The Bertz CT molecular complexity index is 1070. The van der Waals surface area contributed by atoms with Crippen LogP contribution in [0.15, 0.2) is 65.8 Å². The highest BCUT2D eigenvalue weighted by Gasteiger charge is 2.19. The van der Waals surface area contributed by atoms with Crippen LogP contribution in [-0.2, 0) is 21.2 Å². The number of aromatic nitrogens is 2. The van der Waals surface area contributed by atoms with Crippen molar-refractivity contribution in [3.05, 3.63) is 77.1 Å². The Morgan fingerprint density at radius 1 is 1.21 bits per heavy atom. The van der Waals surface area contributed by atoms with Crippen molar-refractivity contribution < 1.29 is 17.9 Å². The molecule has 0 aliphatic heterocycles. The predicted molar refractivity (Wildman–Crippen MR) is 105 cm³/mol. The van der Waals surface area contributed by atoms with Crippen molar-refractivity contribution in [1.82, 2.24) is 14.5 Å². The maximum absolute atomic E-state index is 12.5. The molecule has 146 valence electrons. The van der Waals surface area contributed by atoms with Crippen LogP contribution in [0.25, 0.3) is 5.69 Å². The van der Waals surface area contributed by atoms with Crippen molar-refractivity contribution in [2.24, 2.45) is 0 Å². The fraction of sp³-hybridized carbons (Fsp3) is 0.158. The molecule has 0 radical (unpaired) electrons. The summed E-state index contributed by atoms with van der Waals surface area (Å²) in [7, 11) is -2.56. The lowest BCUT2D eigenvalue weighted by atomic mass is 10.1. The summed E-state index contributed by atoms with van der Waals surface area (Å²) >= 11 is 6.04. The lowest BCUT2D eigenvalue weighted by Gasteiger charge is -2.10. The van der Waals surface area contributed by atoms with E-state index in [0.29, 0.717) is 6.42 Å². The van der Waals surface area contributed by atoms with Crippen LogP contribution in [0.5, 0.6) is 0 Å². The summed E-state index contributed by atoms with van der Waals surface area (Å²) < 4.78 is 33.8. The van der Waals surface area contributed by atoms with E-state index in [4.69, 9.17) is 11.6 Å². The van der Waals surface area contributed by atoms with Crippen molar-refractivity contribution in [2.45, 2.75) is 11.3 Å². The zero-order valence-electron chi connectivity index (χ0n) is 15.0. The summed E-state index contributed by atoms with van der Waals surface area (Å²) in [4.78, 5) is 11.4. The largest absolute Gasteiger partial charge is 0.465 e. The third-order valence-corrected chi connectivity index (χ3v) is 6.00. The quantitative estimate of drug-likeness (QED) is 0.595. The summed E-state index contributed by atoms with van der Waals surface area (Å²) in [6.07, 6.45) is 4.06. The van der Waals surface area contributed by atoms with Crippen LogP contribution in [0.3, 0.4) is 0 Å². The summed E-state index contributed by atoms with van der Waals surface area (Å²) in [5.41, 5.74) is 2.08. The second-order valence-electron chi connectivity index (χ2n) is 5.90. The smallest absolute Gasteiger partial charge is 0.337 e. The van der Waals surface area contributed by atoms with Crippen LogP contribution < -0.4 is 4.72 Å². The highest BCUT2D eigenvalue weighted by molar-refractivity contribution is 7.89. The molecule has 28 heavy (non-hydrogen) atoms. The summed E-state index contributed by atoms with van der Waals surface area (Å²) in [6, 6.07) is 13.4. The van der Waals surface area contributed by atoms with Crippen LogP contribution in [0, 0.1) is 0 Å². The number of esters is 1. The van der Waals surface area contributed by atoms with Crippen LogP contribution in [0.4, 0.5) is 0 Å². The van der Waals surface area contributed by atoms with Crippen LogP contribution in [0.2, 0.25) is 5.02 Å². The van der Waals surface area contributed by atoms with Crippen molar-refractivity contribution in [3.8, 4) is 5.69 Å². The summed E-state index contributed by atoms with van der Waals surface area (Å²) in [5, 5.41) is 4.12. The van der Waals surface area contributed by atoms with E-state index in [0.717, 1.165) is 11.3 Å². The number of hydrogen-bond donors (Lipinski definition) is 1. The molecule has 0 unspecified atom stereocenters. The third-order valence-electron chi connectivity index (χ3n) is 4.05.